The Labute approximate surface area is 669 Å². The summed E-state index contributed by atoms with van der Waals surface area (Å²) in [4.78, 5) is 157. The van der Waals surface area contributed by atoms with Gasteiger partial charge in [-0.2, -0.15) is 0 Å². The van der Waals surface area contributed by atoms with Crippen LogP contribution in [0.2, 0.25) is 0 Å². The summed E-state index contributed by atoms with van der Waals surface area (Å²) in [5.74, 6) is 1.98. The predicted molar refractivity (Wildman–Crippen MR) is 426 cm³/mol. The maximum absolute atomic E-state index is 10.2. The summed E-state index contributed by atoms with van der Waals surface area (Å²) in [6.07, 6.45) is 7.19. The third kappa shape index (κ3) is 60.2. The lowest BCUT2D eigenvalue weighted by Crippen LogP contribution is -2.26. The van der Waals surface area contributed by atoms with Crippen LogP contribution in [0.15, 0.2) is 4.99 Å². The minimum Gasteiger partial charge on any atom is -0.487 e. The van der Waals surface area contributed by atoms with Crippen molar-refractivity contribution in [2.45, 2.75) is 51.4 Å². The molecule has 0 aliphatic carbocycles. The van der Waals surface area contributed by atoms with E-state index in [0.717, 1.165) is 167 Å². The van der Waals surface area contributed by atoms with Crippen molar-refractivity contribution in [2.75, 3.05) is 155 Å². The molecular formula is C55H87N23O20S10. The molecule has 0 aromatic heterocycles. The molecule has 0 bridgehead atoms. The number of imide groups is 4. The number of thioether (sulfide) groups is 3. The van der Waals surface area contributed by atoms with Gasteiger partial charge in [-0.3, -0.25) is 69.4 Å². The Bertz CT molecular complexity index is 2440. The van der Waals surface area contributed by atoms with Gasteiger partial charge in [-0.25, -0.2) is 28.8 Å². The summed E-state index contributed by atoms with van der Waals surface area (Å²) >= 11 is 36.6. The Morgan fingerprint density at radius 3 is 1.12 bits per heavy atom. The zero-order valence-electron chi connectivity index (χ0n) is 57.9. The fourth-order valence-corrected chi connectivity index (χ4v) is 10.2. The van der Waals surface area contributed by atoms with E-state index in [1.807, 2.05) is 16.0 Å². The van der Waals surface area contributed by atoms with Crippen LogP contribution in [0.4, 0.5) is 38.4 Å². The average molecular weight is 1710 g/mol. The molecule has 43 nitrogen and oxygen atoms in total. The molecule has 23 N–H and O–H groups in total. The third-order valence-electron chi connectivity index (χ3n) is 11.7. The van der Waals surface area contributed by atoms with E-state index < -0.39 is 18.2 Å². The van der Waals surface area contributed by atoms with Gasteiger partial charge < -0.3 is 120 Å². The van der Waals surface area contributed by atoms with Crippen LogP contribution in [0.3, 0.4) is 0 Å². The number of ether oxygens (including phenoxy) is 5. The van der Waals surface area contributed by atoms with Crippen LogP contribution < -0.4 is 117 Å². The highest BCUT2D eigenvalue weighted by Gasteiger charge is 2.19. The number of nitrogens with two attached hydrogens (primary N) is 1. The number of nitrogens with one attached hydrogen (secondary N) is 21. The molecule has 0 aromatic rings. The Morgan fingerprint density at radius 2 is 0.972 bits per heavy atom. The van der Waals surface area contributed by atoms with Gasteiger partial charge in [0.1, 0.15) is 36.5 Å². The van der Waals surface area contributed by atoms with Crippen LogP contribution in [0.5, 0.6) is 0 Å². The number of hydrogen-bond acceptors (Lipinski definition) is 33. The number of rotatable bonds is 0. The first-order chi connectivity index (χ1) is 51.6. The quantitative estimate of drug-likeness (QED) is 0.0809. The second kappa shape index (κ2) is 62.1. The first-order valence-corrected chi connectivity index (χ1v) is 38.1. The lowest BCUT2D eigenvalue weighted by molar-refractivity contribution is -0.120. The highest BCUT2D eigenvalue weighted by atomic mass is 32.2. The van der Waals surface area contributed by atoms with Crippen molar-refractivity contribution in [3.63, 3.8) is 0 Å². The van der Waals surface area contributed by atoms with Crippen LogP contribution in [0.1, 0.15) is 51.4 Å². The van der Waals surface area contributed by atoms with Crippen molar-refractivity contribution >= 4 is 250 Å². The molecule has 16 saturated heterocycles. The molecule has 17 aliphatic rings. The van der Waals surface area contributed by atoms with E-state index in [2.05, 4.69) is 152 Å². The van der Waals surface area contributed by atoms with Crippen molar-refractivity contribution in [2.24, 2.45) is 10.7 Å². The van der Waals surface area contributed by atoms with E-state index in [0.29, 0.717) is 65.1 Å². The molecule has 53 heteroatoms. The van der Waals surface area contributed by atoms with Crippen molar-refractivity contribution in [3.05, 3.63) is 0 Å². The molecule has 602 valence electrons. The van der Waals surface area contributed by atoms with Crippen LogP contribution in [0.25, 0.3) is 0 Å². The number of nitrogens with zero attached hydrogens (tertiary/aromatic N) is 1. The number of thiocarbonyl (C=S) groups is 7. The standard InChI is InChI=1S/C4H7NO.C4H7NS.2C4H6OS.C3H7N3.2C3H4N2O2.C3H4N2OS.C3H6N2O.C3H4N2S2.C3H6N2S.C3H3NO3.C3H3NO2S.2C3H5NO2.2C3H5NOS/c2*6-4-2-1-3-5-4;5-4-2-1-3-6-4;6-4-2-1-3-5-4;4-3-5-1-2-6-3;2*6-2-1-4-3(7)5-2;6-3-4-1-2(7)5-3;6-3-4-1-2-5-3;6-2-1-4-3(7)5-2;6-3-4-1-2-5-3;2*5-2-1-7-3(6)4-2;5-3-1-6-2-4-3;2*5-3-4-1-2-6-3;6-3-4-1-2-5-3/h2*1-3H2,(H,5,6);2*1-3H2;1-2H2,(H3,4,5,6);3*1H2,(H2,4,5,6,7);1-2H2,(H2,4,5,6);1H2,(H2,4,5,6,7);1-2H2,(H2,4,5,6);2*1H2,(H,4,5,6);3*1-2H2,(H,4,5);1-2H2,(H,4,6). The molecule has 17 rings (SSSR count). The Kier molecular flexibility index (Phi) is 55.9. The minimum atomic E-state index is -0.648. The monoisotopic (exact) mass is 1710 g/mol. The highest BCUT2D eigenvalue weighted by molar-refractivity contribution is 8.15. The Balaban J connectivity index is 0.000000574. The van der Waals surface area contributed by atoms with Crippen LogP contribution in [-0.2, 0) is 57.2 Å². The van der Waals surface area contributed by atoms with Crippen molar-refractivity contribution in [3.8, 4) is 0 Å². The number of alkyl carbamates (subject to hydrolysis) is 2. The molecule has 16 fully saturated rings. The smallest absolute Gasteiger partial charge is 0.414 e. The maximum atomic E-state index is 10.2. The number of urea groups is 4. The van der Waals surface area contributed by atoms with Crippen LogP contribution >= 0.6 is 121 Å². The van der Waals surface area contributed by atoms with Gasteiger partial charge in [-0.1, -0.05) is 71.9 Å². The molecule has 0 radical (unpaired) electrons. The SMILES string of the molecule is NC1=NCCN1.O=C1CCCN1.O=C1CCCS1.O=C1CNC(=O)N1.O=C1CNC(=O)N1.O=C1COC(=O)N1.O=C1COCN1.O=C1CSC(=O)N1.O=C1NCC(=S)N1.O=C1NCCN1.O=C1NCCO1.O=C1NCCS1.S=C1CCCN1.S=C1CCCO1.S=C1CNC(=S)N1.S=C1NCCN1.S=C1NCCO1. The van der Waals surface area contributed by atoms with E-state index in [1.165, 1.54) is 29.9 Å². The van der Waals surface area contributed by atoms with Gasteiger partial charge in [0.05, 0.1) is 63.2 Å². The second-order valence-corrected chi connectivity index (χ2v) is 26.9. The number of hydrogen-bond donors (Lipinski definition) is 22. The largest absolute Gasteiger partial charge is 0.487 e. The molecule has 17 heterocycles. The van der Waals surface area contributed by atoms with Gasteiger partial charge in [-0.05, 0) is 81.0 Å². The first kappa shape index (κ1) is 97.2. The van der Waals surface area contributed by atoms with E-state index in [-0.39, 0.29) is 90.4 Å². The summed E-state index contributed by atoms with van der Waals surface area (Å²) in [6.45, 7) is 13.7. The summed E-state index contributed by atoms with van der Waals surface area (Å²) in [5, 5.41) is 56.1. The summed E-state index contributed by atoms with van der Waals surface area (Å²) in [6, 6.07) is -1.03. The highest BCUT2D eigenvalue weighted by Crippen LogP contribution is 2.17. The fraction of sp³-hybridized carbons (Fsp3) is 0.582. The number of carbonyl (C=O) groups excluding carboxylic acids is 15. The topological polar surface area (TPSA) is 593 Å². The van der Waals surface area contributed by atoms with Crippen LogP contribution in [0, 0.1) is 0 Å². The van der Waals surface area contributed by atoms with E-state index in [4.69, 9.17) is 64.1 Å². The molecular weight excluding hydrogens is 1620 g/mol. The maximum Gasteiger partial charge on any atom is 0.414 e. The predicted octanol–water partition coefficient (Wildman–Crippen LogP) is -4.13. The summed E-state index contributed by atoms with van der Waals surface area (Å²) < 4.78 is 22.8. The average Bonchev–Trinajstić information content (AvgIpc) is 1.85. The normalized spacial score (nSPS) is 19.9. The van der Waals surface area contributed by atoms with Gasteiger partial charge >= 0.3 is 36.3 Å². The third-order valence-corrected chi connectivity index (χ3v) is 16.3. The number of cyclic esters (lactones) is 2. The molecule has 17 aliphatic heterocycles. The van der Waals surface area contributed by atoms with Crippen molar-refractivity contribution in [1.29, 1.82) is 0 Å². The summed E-state index contributed by atoms with van der Waals surface area (Å²) in [7, 11) is 0. The first-order valence-electron chi connectivity index (χ1n) is 32.3. The zero-order valence-corrected chi connectivity index (χ0v) is 66.1. The van der Waals surface area contributed by atoms with E-state index in [1.54, 1.807) is 0 Å². The van der Waals surface area contributed by atoms with E-state index in [9.17, 15) is 71.9 Å². The second-order valence-electron chi connectivity index (χ2n) is 20.6. The number of aliphatic imine (C=N–C) groups is 1. The van der Waals surface area contributed by atoms with Gasteiger partial charge in [0.25, 0.3) is 21.6 Å². The Morgan fingerprint density at radius 1 is 0.352 bits per heavy atom. The molecule has 0 atom stereocenters. The van der Waals surface area contributed by atoms with Crippen molar-refractivity contribution < 1.29 is 95.6 Å². The van der Waals surface area contributed by atoms with E-state index >= 15 is 0 Å². The van der Waals surface area contributed by atoms with Crippen LogP contribution in [-0.4, -0.2) is 284 Å². The number of carbonyl (C=O) groups is 15. The van der Waals surface area contributed by atoms with Gasteiger partial charge in [0.2, 0.25) is 29.5 Å². The molecule has 0 saturated carbocycles. The zero-order chi connectivity index (χ0) is 80.1. The lowest BCUT2D eigenvalue weighted by Gasteiger charge is -1.85. The van der Waals surface area contributed by atoms with Crippen molar-refractivity contribution in [1.82, 2.24) is 112 Å². The number of guanidine groups is 1. The van der Waals surface area contributed by atoms with Gasteiger partial charge in [0, 0.05) is 83.1 Å². The molecule has 108 heavy (non-hydrogen) atoms. The molecule has 0 aromatic carbocycles. The summed E-state index contributed by atoms with van der Waals surface area (Å²) in [5.41, 5.74) is 5.17. The lowest BCUT2D eigenvalue weighted by atomic mass is 10.4. The fourth-order valence-electron chi connectivity index (χ4n) is 6.83. The molecule has 18 amide bonds. The van der Waals surface area contributed by atoms with Gasteiger partial charge in [0.15, 0.2) is 33.0 Å². The molecule has 0 unspecified atom stereocenters. The Hall–Kier alpha value is -8.84. The molecule has 0 spiro atoms. The minimum absolute atomic E-state index is 0.0185. The number of amides is 18. The van der Waals surface area contributed by atoms with Gasteiger partial charge in [-0.15, -0.1) is 0 Å².